The highest BCUT2D eigenvalue weighted by molar-refractivity contribution is 6.35. The lowest BCUT2D eigenvalue weighted by atomic mass is 10.1. The number of aromatic carboxylic acids is 1. The van der Waals surface area contributed by atoms with E-state index >= 15 is 0 Å². The van der Waals surface area contributed by atoms with Crippen molar-refractivity contribution < 1.29 is 19.5 Å². The summed E-state index contributed by atoms with van der Waals surface area (Å²) >= 11 is 0. The zero-order chi connectivity index (χ0) is 17.6. The summed E-state index contributed by atoms with van der Waals surface area (Å²) in [6, 6.07) is 12.5. The van der Waals surface area contributed by atoms with Gasteiger partial charge in [0, 0.05) is 12.4 Å². The van der Waals surface area contributed by atoms with Crippen LogP contribution in [0.3, 0.4) is 0 Å². The van der Waals surface area contributed by atoms with Gasteiger partial charge in [-0.1, -0.05) is 12.1 Å². The van der Waals surface area contributed by atoms with Crippen LogP contribution in [0.5, 0.6) is 0 Å². The molecule has 0 spiro atoms. The number of hydrogen-bond donors (Lipinski definition) is 1. The van der Waals surface area contributed by atoms with E-state index in [4.69, 9.17) is 0 Å². The maximum Gasteiger partial charge on any atom is 0.337 e. The predicted molar refractivity (Wildman–Crippen MR) is 88.1 cm³/mol. The fourth-order valence-corrected chi connectivity index (χ4v) is 2.86. The molecule has 25 heavy (non-hydrogen) atoms. The van der Waals surface area contributed by atoms with Gasteiger partial charge in [-0.3, -0.25) is 9.59 Å². The van der Waals surface area contributed by atoms with Crippen LogP contribution in [0.25, 0.3) is 5.69 Å². The second-order valence-electron chi connectivity index (χ2n) is 5.45. The summed E-state index contributed by atoms with van der Waals surface area (Å²) < 4.78 is 1.52. The molecule has 0 fully saturated rings. The van der Waals surface area contributed by atoms with Crippen LogP contribution in [-0.4, -0.2) is 32.7 Å². The molecular formula is C18H11N3O4. The number of carboxylic acids is 1. The molecule has 0 radical (unpaired) electrons. The Labute approximate surface area is 141 Å². The van der Waals surface area contributed by atoms with Crippen molar-refractivity contribution in [3.05, 3.63) is 77.6 Å². The molecule has 7 heteroatoms. The summed E-state index contributed by atoms with van der Waals surface area (Å²) in [4.78, 5) is 37.8. The number of rotatable bonds is 3. The van der Waals surface area contributed by atoms with Gasteiger partial charge < -0.3 is 5.11 Å². The van der Waals surface area contributed by atoms with Crippen LogP contribution in [0.2, 0.25) is 0 Å². The highest BCUT2D eigenvalue weighted by Crippen LogP contribution is 2.32. The van der Waals surface area contributed by atoms with E-state index in [9.17, 15) is 19.5 Å². The van der Waals surface area contributed by atoms with Crippen LogP contribution >= 0.6 is 0 Å². The van der Waals surface area contributed by atoms with Crippen molar-refractivity contribution in [1.82, 2.24) is 9.78 Å². The lowest BCUT2D eigenvalue weighted by molar-refractivity contribution is 0.0698. The molecule has 1 aliphatic heterocycles. The normalized spacial score (nSPS) is 13.2. The molecular weight excluding hydrogens is 322 g/mol. The number of fused-ring (bicyclic) bond motifs is 1. The molecule has 1 aromatic heterocycles. The van der Waals surface area contributed by atoms with Gasteiger partial charge in [0.2, 0.25) is 0 Å². The van der Waals surface area contributed by atoms with Crippen molar-refractivity contribution in [3.63, 3.8) is 0 Å². The molecule has 0 aliphatic carbocycles. The first kappa shape index (κ1) is 14.8. The van der Waals surface area contributed by atoms with Gasteiger partial charge in [0.1, 0.15) is 0 Å². The minimum atomic E-state index is -1.22. The van der Waals surface area contributed by atoms with Gasteiger partial charge in [0.15, 0.2) is 0 Å². The molecule has 122 valence electrons. The van der Waals surface area contributed by atoms with Crippen LogP contribution in [0.15, 0.2) is 60.9 Å². The largest absolute Gasteiger partial charge is 0.478 e. The maximum absolute atomic E-state index is 12.7. The van der Waals surface area contributed by atoms with Crippen LogP contribution in [0.1, 0.15) is 31.1 Å². The van der Waals surface area contributed by atoms with Gasteiger partial charge >= 0.3 is 5.97 Å². The smallest absolute Gasteiger partial charge is 0.337 e. The molecule has 4 rings (SSSR count). The highest BCUT2D eigenvalue weighted by atomic mass is 16.4. The number of carboxylic acid groups (broad SMARTS) is 1. The van der Waals surface area contributed by atoms with Crippen LogP contribution in [0, 0.1) is 0 Å². The average molecular weight is 333 g/mol. The van der Waals surface area contributed by atoms with E-state index in [1.54, 1.807) is 48.8 Å². The molecule has 2 aromatic carbocycles. The Bertz CT molecular complexity index is 990. The van der Waals surface area contributed by atoms with Crippen molar-refractivity contribution in [2.24, 2.45) is 0 Å². The maximum atomic E-state index is 12.7. The number of nitrogens with zero attached hydrogens (tertiary/aromatic N) is 3. The van der Waals surface area contributed by atoms with E-state index in [1.165, 1.54) is 16.8 Å². The quantitative estimate of drug-likeness (QED) is 0.743. The number of anilines is 1. The summed E-state index contributed by atoms with van der Waals surface area (Å²) in [5.41, 5.74) is 0.945. The molecule has 1 N–H and O–H groups in total. The van der Waals surface area contributed by atoms with E-state index in [0.717, 1.165) is 4.90 Å². The summed E-state index contributed by atoms with van der Waals surface area (Å²) in [5.74, 6) is -2.31. The predicted octanol–water partition coefficient (Wildman–Crippen LogP) is 2.37. The lowest BCUT2D eigenvalue weighted by Gasteiger charge is -2.17. The molecule has 1 aliphatic rings. The fraction of sp³-hybridized carbons (Fsp3) is 0. The van der Waals surface area contributed by atoms with Gasteiger partial charge in [0.25, 0.3) is 11.8 Å². The van der Waals surface area contributed by atoms with E-state index in [-0.39, 0.29) is 22.4 Å². The third-order valence-electron chi connectivity index (χ3n) is 4.02. The number of benzene rings is 2. The molecule has 0 bridgehead atoms. The van der Waals surface area contributed by atoms with Gasteiger partial charge in [-0.15, -0.1) is 0 Å². The van der Waals surface area contributed by atoms with Crippen molar-refractivity contribution in [2.75, 3.05) is 4.90 Å². The number of imide groups is 1. The second kappa shape index (κ2) is 5.41. The number of hydrogen-bond acceptors (Lipinski definition) is 4. The SMILES string of the molecule is O=C(O)c1ccc(-n2cccn2)cc1N1C(=O)c2ccccc2C1=O. The van der Waals surface area contributed by atoms with Gasteiger partial charge in [-0.05, 0) is 36.4 Å². The third kappa shape index (κ3) is 2.21. The van der Waals surface area contributed by atoms with E-state index in [0.29, 0.717) is 5.69 Å². The van der Waals surface area contributed by atoms with Gasteiger partial charge in [-0.25, -0.2) is 14.4 Å². The third-order valence-corrected chi connectivity index (χ3v) is 4.02. The summed E-state index contributed by atoms with van der Waals surface area (Å²) in [6.45, 7) is 0. The first-order chi connectivity index (χ1) is 12.1. The van der Waals surface area contributed by atoms with Gasteiger partial charge in [0.05, 0.1) is 28.1 Å². The number of carbonyl (C=O) groups excluding carboxylic acids is 2. The average Bonchev–Trinajstić information content (AvgIpc) is 3.23. The zero-order valence-corrected chi connectivity index (χ0v) is 12.8. The monoisotopic (exact) mass is 333 g/mol. The first-order valence-electron chi connectivity index (χ1n) is 7.43. The van der Waals surface area contributed by atoms with Crippen molar-refractivity contribution in [3.8, 4) is 5.69 Å². The van der Waals surface area contributed by atoms with E-state index in [2.05, 4.69) is 5.10 Å². The topological polar surface area (TPSA) is 92.5 Å². The van der Waals surface area contributed by atoms with Crippen molar-refractivity contribution in [2.45, 2.75) is 0 Å². The minimum absolute atomic E-state index is 0.0201. The van der Waals surface area contributed by atoms with Crippen LogP contribution in [0.4, 0.5) is 5.69 Å². The molecule has 3 aromatic rings. The second-order valence-corrected chi connectivity index (χ2v) is 5.45. The van der Waals surface area contributed by atoms with Crippen LogP contribution in [-0.2, 0) is 0 Å². The van der Waals surface area contributed by atoms with E-state index < -0.39 is 17.8 Å². The minimum Gasteiger partial charge on any atom is -0.478 e. The number of amides is 2. The van der Waals surface area contributed by atoms with Crippen molar-refractivity contribution >= 4 is 23.5 Å². The van der Waals surface area contributed by atoms with Gasteiger partial charge in [-0.2, -0.15) is 5.10 Å². The molecule has 0 saturated heterocycles. The Morgan fingerprint density at radius 3 is 2.20 bits per heavy atom. The summed E-state index contributed by atoms with van der Waals surface area (Å²) in [6.07, 6.45) is 3.26. The van der Waals surface area contributed by atoms with E-state index in [1.807, 2.05) is 0 Å². The Morgan fingerprint density at radius 2 is 1.64 bits per heavy atom. The molecule has 7 nitrogen and oxygen atoms in total. The molecule has 0 unspecified atom stereocenters. The Morgan fingerprint density at radius 1 is 0.960 bits per heavy atom. The molecule has 2 amide bonds. The number of carbonyl (C=O) groups is 3. The molecule has 0 atom stereocenters. The standard InChI is InChI=1S/C18H11N3O4/c22-16-12-4-1-2-5-13(12)17(23)21(16)15-10-11(20-9-3-8-19-20)6-7-14(15)18(24)25/h1-10H,(H,24,25). The fourth-order valence-electron chi connectivity index (χ4n) is 2.86. The highest BCUT2D eigenvalue weighted by Gasteiger charge is 2.38. The molecule has 0 saturated carbocycles. The lowest BCUT2D eigenvalue weighted by Crippen LogP contribution is -2.31. The zero-order valence-electron chi connectivity index (χ0n) is 12.8. The van der Waals surface area contributed by atoms with Crippen molar-refractivity contribution in [1.29, 1.82) is 0 Å². The first-order valence-corrected chi connectivity index (χ1v) is 7.43. The Hall–Kier alpha value is -3.74. The Balaban J connectivity index is 1.90. The summed E-state index contributed by atoms with van der Waals surface area (Å²) in [5, 5.41) is 13.6. The molecule has 2 heterocycles. The number of aromatic nitrogens is 2. The summed E-state index contributed by atoms with van der Waals surface area (Å²) in [7, 11) is 0. The van der Waals surface area contributed by atoms with Crippen LogP contribution < -0.4 is 4.90 Å². The Kier molecular flexibility index (Phi) is 3.21.